The summed E-state index contributed by atoms with van der Waals surface area (Å²) in [5.74, 6) is 2.48. The molecule has 0 spiro atoms. The molecule has 28 heavy (non-hydrogen) atoms. The van der Waals surface area contributed by atoms with Crippen molar-refractivity contribution in [3.8, 4) is 0 Å². The molecule has 1 fully saturated rings. The van der Waals surface area contributed by atoms with E-state index in [4.69, 9.17) is 9.47 Å². The summed E-state index contributed by atoms with van der Waals surface area (Å²) < 4.78 is 12.8. The van der Waals surface area contributed by atoms with E-state index < -0.39 is 0 Å². The highest BCUT2D eigenvalue weighted by atomic mass is 32.2. The van der Waals surface area contributed by atoms with Crippen molar-refractivity contribution in [3.05, 3.63) is 0 Å². The molecule has 0 atom stereocenters. The molecule has 0 bridgehead atoms. The van der Waals surface area contributed by atoms with Gasteiger partial charge >= 0.3 is 0 Å². The number of nitrogens with zero attached hydrogens (tertiary/aromatic N) is 1. The van der Waals surface area contributed by atoms with Crippen LogP contribution in [0.5, 0.6) is 0 Å². The van der Waals surface area contributed by atoms with E-state index in [9.17, 15) is 0 Å². The van der Waals surface area contributed by atoms with Crippen LogP contribution in [0, 0.1) is 0 Å². The van der Waals surface area contributed by atoms with E-state index in [0.717, 1.165) is 32.2 Å². The van der Waals surface area contributed by atoms with Crippen molar-refractivity contribution in [2.75, 3.05) is 64.1 Å². The van der Waals surface area contributed by atoms with Crippen LogP contribution in [0.4, 0.5) is 0 Å². The second-order valence-electron chi connectivity index (χ2n) is 8.61. The summed E-state index contributed by atoms with van der Waals surface area (Å²) in [4.78, 5) is 0. The first-order valence-electron chi connectivity index (χ1n) is 12.4. The van der Waals surface area contributed by atoms with Crippen LogP contribution in [0.3, 0.4) is 0 Å². The number of hydrogen-bond acceptors (Lipinski definition) is 3. The number of rotatable bonds is 20. The molecule has 1 heterocycles. The van der Waals surface area contributed by atoms with Crippen LogP contribution >= 0.6 is 11.8 Å². The second kappa shape index (κ2) is 19.2. The number of morpholine rings is 1. The summed E-state index contributed by atoms with van der Waals surface area (Å²) >= 11 is 2.08. The van der Waals surface area contributed by atoms with Crippen molar-refractivity contribution in [2.24, 2.45) is 0 Å². The van der Waals surface area contributed by atoms with E-state index >= 15 is 0 Å². The van der Waals surface area contributed by atoms with Crippen LogP contribution in [-0.4, -0.2) is 68.6 Å². The number of quaternary nitrogens is 1. The lowest BCUT2D eigenvalue weighted by Gasteiger charge is -2.41. The second-order valence-corrected chi connectivity index (χ2v) is 9.83. The monoisotopic (exact) mass is 416 g/mol. The van der Waals surface area contributed by atoms with Crippen molar-refractivity contribution in [1.29, 1.82) is 0 Å². The highest BCUT2D eigenvalue weighted by Gasteiger charge is 2.29. The first-order valence-corrected chi connectivity index (χ1v) is 13.6. The van der Waals surface area contributed by atoms with Gasteiger partial charge in [-0.05, 0) is 18.6 Å². The van der Waals surface area contributed by atoms with Gasteiger partial charge in [-0.25, -0.2) is 0 Å². The largest absolute Gasteiger partial charge is 0.375 e. The van der Waals surface area contributed by atoms with Gasteiger partial charge in [-0.1, -0.05) is 78.1 Å². The van der Waals surface area contributed by atoms with E-state index in [0.29, 0.717) is 0 Å². The molecule has 0 amide bonds. The lowest BCUT2D eigenvalue weighted by Crippen LogP contribution is -2.57. The lowest BCUT2D eigenvalue weighted by atomic mass is 10.1. The Morgan fingerprint density at radius 2 is 1.29 bits per heavy atom. The first kappa shape index (κ1) is 26.3. The topological polar surface area (TPSA) is 18.5 Å². The molecular formula is C24H50NO2S+. The summed E-state index contributed by atoms with van der Waals surface area (Å²) in [5.41, 5.74) is 0. The van der Waals surface area contributed by atoms with Crippen LogP contribution in [0.25, 0.3) is 0 Å². The number of hydrogen-bond donors (Lipinski definition) is 0. The molecule has 0 aromatic carbocycles. The highest BCUT2D eigenvalue weighted by molar-refractivity contribution is 7.99. The van der Waals surface area contributed by atoms with Crippen molar-refractivity contribution in [1.82, 2.24) is 0 Å². The maximum atomic E-state index is 5.96. The fourth-order valence-electron chi connectivity index (χ4n) is 4.05. The van der Waals surface area contributed by atoms with Crippen LogP contribution in [0.15, 0.2) is 0 Å². The Hall–Kier alpha value is 0.230. The van der Waals surface area contributed by atoms with E-state index in [-0.39, 0.29) is 0 Å². The molecule has 1 aliphatic rings. The minimum Gasteiger partial charge on any atom is -0.375 e. The summed E-state index contributed by atoms with van der Waals surface area (Å²) in [6.45, 7) is 13.1. The predicted molar refractivity (Wildman–Crippen MR) is 125 cm³/mol. The van der Waals surface area contributed by atoms with E-state index in [1.54, 1.807) is 0 Å². The van der Waals surface area contributed by atoms with Crippen LogP contribution in [0.2, 0.25) is 0 Å². The van der Waals surface area contributed by atoms with Gasteiger partial charge in [0.05, 0.1) is 33.0 Å². The van der Waals surface area contributed by atoms with Gasteiger partial charge < -0.3 is 14.0 Å². The van der Waals surface area contributed by atoms with Crippen molar-refractivity contribution < 1.29 is 14.0 Å². The average Bonchev–Trinajstić information content (AvgIpc) is 2.73. The standard InChI is InChI=1S/C24H50NO2S/c1-3-5-7-8-9-10-11-12-13-14-23-28-24-22-27-21-18-25(15-6-4-2)16-19-26-20-17-25/h3-24H2,1-2H3/q+1. The number of ether oxygens (including phenoxy) is 2. The van der Waals surface area contributed by atoms with Crippen molar-refractivity contribution >= 4 is 11.8 Å². The Morgan fingerprint density at radius 1 is 0.679 bits per heavy atom. The minimum absolute atomic E-state index is 0.919. The van der Waals surface area contributed by atoms with Gasteiger partial charge in [0.25, 0.3) is 0 Å². The number of thioether (sulfide) groups is 1. The Morgan fingerprint density at radius 3 is 1.93 bits per heavy atom. The molecule has 0 aromatic rings. The molecule has 1 saturated heterocycles. The molecular weight excluding hydrogens is 366 g/mol. The van der Waals surface area contributed by atoms with E-state index in [1.807, 2.05) is 0 Å². The maximum Gasteiger partial charge on any atom is 0.103 e. The van der Waals surface area contributed by atoms with Gasteiger partial charge in [0.2, 0.25) is 0 Å². The van der Waals surface area contributed by atoms with Crippen molar-refractivity contribution in [3.63, 3.8) is 0 Å². The fourth-order valence-corrected chi connectivity index (χ4v) is 4.90. The molecule has 168 valence electrons. The molecule has 0 radical (unpaired) electrons. The van der Waals surface area contributed by atoms with Crippen LogP contribution in [-0.2, 0) is 9.47 Å². The summed E-state index contributed by atoms with van der Waals surface area (Å²) in [7, 11) is 0. The molecule has 1 aliphatic heterocycles. The van der Waals surface area contributed by atoms with E-state index in [2.05, 4.69) is 25.6 Å². The normalized spacial score (nSPS) is 16.5. The molecule has 4 heteroatoms. The van der Waals surface area contributed by atoms with Crippen LogP contribution in [0.1, 0.15) is 90.9 Å². The minimum atomic E-state index is 0.919. The Labute approximate surface area is 180 Å². The van der Waals surface area contributed by atoms with Gasteiger partial charge in [-0.2, -0.15) is 11.8 Å². The molecule has 1 rings (SSSR count). The fraction of sp³-hybridized carbons (Fsp3) is 1.00. The molecule has 0 aromatic heterocycles. The molecule has 0 aliphatic carbocycles. The van der Waals surface area contributed by atoms with Crippen LogP contribution < -0.4 is 0 Å². The summed E-state index contributed by atoms with van der Waals surface area (Å²) in [6, 6.07) is 0. The third kappa shape index (κ3) is 14.3. The van der Waals surface area contributed by atoms with Gasteiger partial charge in [-0.15, -0.1) is 0 Å². The Balaban J connectivity index is 1.84. The maximum absolute atomic E-state index is 5.96. The SMILES string of the molecule is CCCCCCCCCCCCSCCOCC[N+]1(CCCC)CCOCC1. The Bertz CT molecular complexity index is 322. The van der Waals surface area contributed by atoms with Crippen molar-refractivity contribution in [2.45, 2.75) is 90.9 Å². The molecule has 0 N–H and O–H groups in total. The zero-order chi connectivity index (χ0) is 20.2. The van der Waals surface area contributed by atoms with Gasteiger partial charge in [-0.3, -0.25) is 0 Å². The predicted octanol–water partition coefficient (Wildman–Crippen LogP) is 6.30. The van der Waals surface area contributed by atoms with Gasteiger partial charge in [0, 0.05) is 5.75 Å². The first-order chi connectivity index (χ1) is 13.8. The zero-order valence-corrected chi connectivity index (χ0v) is 20.0. The molecule has 0 unspecified atom stereocenters. The summed E-state index contributed by atoms with van der Waals surface area (Å²) in [6.07, 6.45) is 16.9. The smallest absolute Gasteiger partial charge is 0.103 e. The Kier molecular flexibility index (Phi) is 18.0. The third-order valence-electron chi connectivity index (χ3n) is 6.13. The van der Waals surface area contributed by atoms with Gasteiger partial charge in [0.1, 0.15) is 19.6 Å². The van der Waals surface area contributed by atoms with Gasteiger partial charge in [0.15, 0.2) is 0 Å². The van der Waals surface area contributed by atoms with E-state index in [1.165, 1.54) is 113 Å². The quantitative estimate of drug-likeness (QED) is 0.171. The lowest BCUT2D eigenvalue weighted by molar-refractivity contribution is -0.935. The zero-order valence-electron chi connectivity index (χ0n) is 19.2. The average molecular weight is 417 g/mol. The molecule has 0 saturated carbocycles. The summed E-state index contributed by atoms with van der Waals surface area (Å²) in [5, 5.41) is 0. The highest BCUT2D eigenvalue weighted by Crippen LogP contribution is 2.14. The third-order valence-corrected chi connectivity index (χ3v) is 7.16. The number of unbranched alkanes of at least 4 members (excludes halogenated alkanes) is 10. The molecule has 3 nitrogen and oxygen atoms in total.